The van der Waals surface area contributed by atoms with E-state index in [1.807, 2.05) is 4.72 Å². The van der Waals surface area contributed by atoms with Crippen LogP contribution in [0.4, 0.5) is 13.2 Å². The summed E-state index contributed by atoms with van der Waals surface area (Å²) in [6.45, 7) is -0.294. The molecule has 1 atom stereocenters. The first-order chi connectivity index (χ1) is 8.56. The minimum Gasteiger partial charge on any atom is -0.481 e. The molecule has 0 amide bonds. The van der Waals surface area contributed by atoms with Crippen LogP contribution in [0.3, 0.4) is 0 Å². The largest absolute Gasteiger partial charge is 0.481 e. The Hall–Kier alpha value is -0.870. The van der Waals surface area contributed by atoms with Gasteiger partial charge >= 0.3 is 12.1 Å². The lowest BCUT2D eigenvalue weighted by Gasteiger charge is -2.14. The fourth-order valence-corrected chi connectivity index (χ4v) is 2.30. The van der Waals surface area contributed by atoms with Crippen molar-refractivity contribution in [2.24, 2.45) is 0 Å². The molecule has 0 spiro atoms. The normalized spacial score (nSPS) is 14.3. The molecule has 0 aliphatic rings. The van der Waals surface area contributed by atoms with Crippen LogP contribution in [0.25, 0.3) is 0 Å². The Bertz CT molecular complexity index is 382. The van der Waals surface area contributed by atoms with Crippen LogP contribution in [-0.2, 0) is 19.6 Å². The van der Waals surface area contributed by atoms with Crippen LogP contribution in [0.5, 0.6) is 0 Å². The van der Waals surface area contributed by atoms with E-state index in [1.165, 1.54) is 7.11 Å². The molecular weight excluding hydrogens is 291 g/mol. The van der Waals surface area contributed by atoms with Crippen molar-refractivity contribution in [2.45, 2.75) is 31.5 Å². The predicted octanol–water partition coefficient (Wildman–Crippen LogP) is 0.738. The van der Waals surface area contributed by atoms with Gasteiger partial charge in [0, 0.05) is 20.1 Å². The van der Waals surface area contributed by atoms with Gasteiger partial charge in [-0.05, 0) is 6.42 Å². The number of sulfonamides is 1. The van der Waals surface area contributed by atoms with Gasteiger partial charge in [-0.25, -0.2) is 13.1 Å². The molecule has 0 rings (SSSR count). The molecule has 2 N–H and O–H groups in total. The van der Waals surface area contributed by atoms with E-state index in [2.05, 4.69) is 0 Å². The van der Waals surface area contributed by atoms with Crippen LogP contribution >= 0.6 is 0 Å². The molecule has 0 saturated carbocycles. The maximum Gasteiger partial charge on any atom is 0.389 e. The fourth-order valence-electron chi connectivity index (χ4n) is 1.19. The average Bonchev–Trinajstić information content (AvgIpc) is 2.21. The summed E-state index contributed by atoms with van der Waals surface area (Å²) in [7, 11) is -2.65. The second-order valence-corrected chi connectivity index (χ2v) is 5.77. The maximum atomic E-state index is 11.8. The summed E-state index contributed by atoms with van der Waals surface area (Å²) >= 11 is 0. The van der Waals surface area contributed by atoms with Gasteiger partial charge in [0.1, 0.15) is 0 Å². The minimum atomic E-state index is -4.39. The molecule has 114 valence electrons. The standard InChI is InChI=1S/C9H16F3NO5S/c1-18-7(5-8(14)15)6-13-19(16,17)4-2-3-9(10,11)12/h7,13H,2-6H2,1H3,(H,14,15). The molecule has 0 aliphatic carbocycles. The van der Waals surface area contributed by atoms with Crippen molar-refractivity contribution >= 4 is 16.0 Å². The number of carboxylic acid groups (broad SMARTS) is 1. The number of alkyl halides is 3. The van der Waals surface area contributed by atoms with Gasteiger partial charge in [0.15, 0.2) is 0 Å². The molecule has 0 fully saturated rings. The number of carbonyl (C=O) groups is 1. The van der Waals surface area contributed by atoms with Gasteiger partial charge in [0.25, 0.3) is 0 Å². The number of methoxy groups -OCH3 is 1. The summed E-state index contributed by atoms with van der Waals surface area (Å²) in [4.78, 5) is 10.4. The lowest BCUT2D eigenvalue weighted by molar-refractivity contribution is -0.139. The topological polar surface area (TPSA) is 92.7 Å². The molecule has 6 nitrogen and oxygen atoms in total. The molecule has 0 radical (unpaired) electrons. The first kappa shape index (κ1) is 18.1. The summed E-state index contributed by atoms with van der Waals surface area (Å²) in [5, 5.41) is 8.49. The third kappa shape index (κ3) is 10.7. The zero-order chi connectivity index (χ0) is 15.1. The number of carboxylic acids is 1. The second kappa shape index (κ2) is 7.65. The van der Waals surface area contributed by atoms with Crippen molar-refractivity contribution in [3.63, 3.8) is 0 Å². The van der Waals surface area contributed by atoms with Gasteiger partial charge in [0.05, 0.1) is 18.3 Å². The molecule has 0 bridgehead atoms. The molecule has 0 aromatic rings. The molecule has 0 heterocycles. The van der Waals surface area contributed by atoms with Crippen molar-refractivity contribution in [1.29, 1.82) is 0 Å². The second-order valence-electron chi connectivity index (χ2n) is 3.84. The smallest absolute Gasteiger partial charge is 0.389 e. The quantitative estimate of drug-likeness (QED) is 0.655. The van der Waals surface area contributed by atoms with Gasteiger partial charge in [0.2, 0.25) is 10.0 Å². The summed E-state index contributed by atoms with van der Waals surface area (Å²) in [6, 6.07) is 0. The molecule has 1 unspecified atom stereocenters. The van der Waals surface area contributed by atoms with Gasteiger partial charge in [-0.1, -0.05) is 0 Å². The molecule has 0 aromatic carbocycles. The highest BCUT2D eigenvalue weighted by atomic mass is 32.2. The van der Waals surface area contributed by atoms with Crippen LogP contribution in [0.15, 0.2) is 0 Å². The van der Waals surface area contributed by atoms with E-state index in [0.717, 1.165) is 0 Å². The number of halogens is 3. The van der Waals surface area contributed by atoms with Crippen LogP contribution in [0, 0.1) is 0 Å². The Balaban J connectivity index is 4.12. The van der Waals surface area contributed by atoms with Gasteiger partial charge in [-0.3, -0.25) is 4.79 Å². The van der Waals surface area contributed by atoms with Gasteiger partial charge in [-0.2, -0.15) is 13.2 Å². The van der Waals surface area contributed by atoms with E-state index in [4.69, 9.17) is 9.84 Å². The monoisotopic (exact) mass is 307 g/mol. The van der Waals surface area contributed by atoms with Crippen molar-refractivity contribution in [2.75, 3.05) is 19.4 Å². The molecule has 10 heteroatoms. The Morgan fingerprint density at radius 2 is 2.00 bits per heavy atom. The summed E-state index contributed by atoms with van der Waals surface area (Å²) in [5.41, 5.74) is 0. The zero-order valence-electron chi connectivity index (χ0n) is 10.2. The maximum absolute atomic E-state index is 11.8. The Labute approximate surface area is 109 Å². The van der Waals surface area contributed by atoms with E-state index in [-0.39, 0.29) is 6.54 Å². The SMILES string of the molecule is COC(CNS(=O)(=O)CCCC(F)(F)F)CC(=O)O. The lowest BCUT2D eigenvalue weighted by Crippen LogP contribution is -2.36. The lowest BCUT2D eigenvalue weighted by atomic mass is 10.2. The first-order valence-corrected chi connectivity index (χ1v) is 6.99. The highest BCUT2D eigenvalue weighted by Gasteiger charge is 2.27. The van der Waals surface area contributed by atoms with E-state index >= 15 is 0 Å². The Morgan fingerprint density at radius 3 is 2.42 bits per heavy atom. The predicted molar refractivity (Wildman–Crippen MR) is 60.1 cm³/mol. The third-order valence-electron chi connectivity index (χ3n) is 2.14. The molecule has 0 aromatic heterocycles. The van der Waals surface area contributed by atoms with Crippen molar-refractivity contribution in [3.8, 4) is 0 Å². The van der Waals surface area contributed by atoms with Crippen LogP contribution < -0.4 is 4.72 Å². The highest BCUT2D eigenvalue weighted by Crippen LogP contribution is 2.21. The van der Waals surface area contributed by atoms with Gasteiger partial charge in [-0.15, -0.1) is 0 Å². The molecule has 0 saturated heterocycles. The third-order valence-corrected chi connectivity index (χ3v) is 3.57. The number of aliphatic carboxylic acids is 1. The van der Waals surface area contributed by atoms with Crippen molar-refractivity contribution in [3.05, 3.63) is 0 Å². The average molecular weight is 307 g/mol. The summed E-state index contributed by atoms with van der Waals surface area (Å²) in [5.74, 6) is -1.83. The highest BCUT2D eigenvalue weighted by molar-refractivity contribution is 7.89. The van der Waals surface area contributed by atoms with Crippen LogP contribution in [0.1, 0.15) is 19.3 Å². The van der Waals surface area contributed by atoms with Gasteiger partial charge < -0.3 is 9.84 Å². The number of nitrogens with one attached hydrogen (secondary N) is 1. The van der Waals surface area contributed by atoms with E-state index in [1.54, 1.807) is 0 Å². The zero-order valence-corrected chi connectivity index (χ0v) is 11.1. The van der Waals surface area contributed by atoms with Crippen LogP contribution in [0.2, 0.25) is 0 Å². The van der Waals surface area contributed by atoms with E-state index in [0.29, 0.717) is 0 Å². The number of rotatable bonds is 9. The summed E-state index contributed by atoms with van der Waals surface area (Å²) < 4.78 is 65.0. The van der Waals surface area contributed by atoms with Crippen molar-refractivity contribution < 1.29 is 36.2 Å². The van der Waals surface area contributed by atoms with E-state index in [9.17, 15) is 26.4 Å². The number of hydrogen-bond donors (Lipinski definition) is 2. The summed E-state index contributed by atoms with van der Waals surface area (Å²) in [6.07, 6.45) is -7.39. The number of ether oxygens (including phenoxy) is 1. The Morgan fingerprint density at radius 1 is 1.42 bits per heavy atom. The molecule has 19 heavy (non-hydrogen) atoms. The molecular formula is C9H16F3NO5S. The number of hydrogen-bond acceptors (Lipinski definition) is 4. The molecule has 0 aliphatic heterocycles. The first-order valence-electron chi connectivity index (χ1n) is 5.34. The van der Waals surface area contributed by atoms with E-state index < -0.39 is 53.3 Å². The fraction of sp³-hybridized carbons (Fsp3) is 0.889. The van der Waals surface area contributed by atoms with Crippen LogP contribution in [-0.4, -0.2) is 51.2 Å². The Kier molecular flexibility index (Phi) is 7.30. The minimum absolute atomic E-state index is 0.294. The van der Waals surface area contributed by atoms with Crippen molar-refractivity contribution in [1.82, 2.24) is 4.72 Å².